The molecule has 0 unspecified atom stereocenters. The number of allylic oxidation sites excluding steroid dienone is 1. The molecule has 0 saturated heterocycles. The molecule has 1 aliphatic rings. The van der Waals surface area contributed by atoms with Gasteiger partial charge in [0.25, 0.3) is 0 Å². The molecule has 0 fully saturated rings. The van der Waals surface area contributed by atoms with Gasteiger partial charge in [0.2, 0.25) is 5.91 Å². The van der Waals surface area contributed by atoms with Gasteiger partial charge in [-0.05, 0) is 24.6 Å². The average molecular weight is 240 g/mol. The lowest BCUT2D eigenvalue weighted by atomic mass is 10.1. The number of anilines is 1. The molecule has 1 amide bonds. The van der Waals surface area contributed by atoms with Gasteiger partial charge in [0, 0.05) is 17.3 Å². The van der Waals surface area contributed by atoms with E-state index in [-0.39, 0.29) is 11.8 Å². The smallest absolute Gasteiger partial charge is 0.239 e. The first-order valence-corrected chi connectivity index (χ1v) is 5.24. The summed E-state index contributed by atoms with van der Waals surface area (Å²) < 4.78 is 0. The molecule has 0 aromatic heterocycles. The number of hydrogen-bond acceptors (Lipinski definition) is 3. The zero-order valence-corrected chi connectivity index (χ0v) is 9.38. The van der Waals surface area contributed by atoms with E-state index in [0.29, 0.717) is 11.4 Å². The summed E-state index contributed by atoms with van der Waals surface area (Å²) in [6.45, 7) is 1.92. The zero-order valence-electron chi connectivity index (χ0n) is 8.62. The third-order valence-corrected chi connectivity index (χ3v) is 2.42. The van der Waals surface area contributed by atoms with Gasteiger partial charge >= 0.3 is 0 Å². The largest absolute Gasteiger partial charge is 0.325 e. The quantitative estimate of drug-likeness (QED) is 0.637. The maximum atomic E-state index is 11.1. The van der Waals surface area contributed by atoms with Gasteiger partial charge in [0.05, 0.1) is 0 Å². The molecular weight excluding hydrogens is 230 g/mol. The molecule has 1 heterocycles. The van der Waals surface area contributed by atoms with E-state index in [0.717, 1.165) is 11.1 Å². The molecular formula is C11H10ClNO3. The monoisotopic (exact) mass is 239 g/mol. The van der Waals surface area contributed by atoms with Gasteiger partial charge in [-0.25, -0.2) is 0 Å². The normalized spacial score (nSPS) is 13.0. The fourth-order valence-electron chi connectivity index (χ4n) is 1.40. The number of carbonyl (C=O) groups is 1. The standard InChI is InChI=1S/C11H10ClNO3/c1-7-6-15-16-10-4-8(2-3-9(7)10)13-11(14)5-12/h2-4,6H,5H2,1H3,(H,13,14). The van der Waals surface area contributed by atoms with Crippen molar-refractivity contribution in [2.24, 2.45) is 0 Å². The predicted molar refractivity (Wildman–Crippen MR) is 61.2 cm³/mol. The van der Waals surface area contributed by atoms with Gasteiger partial charge in [0.15, 0.2) is 5.75 Å². The van der Waals surface area contributed by atoms with Gasteiger partial charge in [-0.2, -0.15) is 0 Å². The number of benzene rings is 1. The Balaban J connectivity index is 2.26. The molecule has 0 bridgehead atoms. The van der Waals surface area contributed by atoms with Crippen LogP contribution in [0.3, 0.4) is 0 Å². The summed E-state index contributed by atoms with van der Waals surface area (Å²) >= 11 is 5.39. The van der Waals surface area contributed by atoms with Crippen LogP contribution in [0.15, 0.2) is 24.5 Å². The lowest BCUT2D eigenvalue weighted by Gasteiger charge is -2.15. The second kappa shape index (κ2) is 4.45. The van der Waals surface area contributed by atoms with Crippen LogP contribution in [0.2, 0.25) is 0 Å². The van der Waals surface area contributed by atoms with Crippen LogP contribution in [0.1, 0.15) is 12.5 Å². The second-order valence-corrected chi connectivity index (χ2v) is 3.64. The highest BCUT2D eigenvalue weighted by Gasteiger charge is 2.13. The maximum Gasteiger partial charge on any atom is 0.239 e. The number of carbonyl (C=O) groups excluding carboxylic acids is 1. The molecule has 0 saturated carbocycles. The Labute approximate surface area is 97.7 Å². The van der Waals surface area contributed by atoms with Crippen molar-refractivity contribution in [3.8, 4) is 5.75 Å². The van der Waals surface area contributed by atoms with Crippen LogP contribution in [0.25, 0.3) is 5.57 Å². The van der Waals surface area contributed by atoms with E-state index >= 15 is 0 Å². The molecule has 0 atom stereocenters. The van der Waals surface area contributed by atoms with Crippen molar-refractivity contribution in [3.05, 3.63) is 30.0 Å². The fraction of sp³-hybridized carbons (Fsp3) is 0.182. The van der Waals surface area contributed by atoms with Crippen molar-refractivity contribution in [1.29, 1.82) is 0 Å². The number of amides is 1. The van der Waals surface area contributed by atoms with Gasteiger partial charge in [-0.3, -0.25) is 14.6 Å². The van der Waals surface area contributed by atoms with Gasteiger partial charge < -0.3 is 5.32 Å². The first kappa shape index (κ1) is 10.8. The van der Waals surface area contributed by atoms with Crippen molar-refractivity contribution in [1.82, 2.24) is 0 Å². The third-order valence-electron chi connectivity index (χ3n) is 2.17. The molecule has 1 aliphatic heterocycles. The lowest BCUT2D eigenvalue weighted by molar-refractivity contribution is -0.151. The Morgan fingerprint density at radius 1 is 1.50 bits per heavy atom. The SMILES string of the molecule is CC1=COOc2cc(NC(=O)CCl)ccc21. The molecule has 84 valence electrons. The third kappa shape index (κ3) is 2.12. The molecule has 1 aromatic carbocycles. The fourth-order valence-corrected chi connectivity index (χ4v) is 1.47. The van der Waals surface area contributed by atoms with E-state index in [1.54, 1.807) is 12.1 Å². The molecule has 0 spiro atoms. The Kier molecular flexibility index (Phi) is 3.01. The summed E-state index contributed by atoms with van der Waals surface area (Å²) in [6, 6.07) is 5.33. The minimum Gasteiger partial charge on any atom is -0.325 e. The van der Waals surface area contributed by atoms with Crippen LogP contribution in [0, 0.1) is 0 Å². The number of alkyl halides is 1. The summed E-state index contributed by atoms with van der Waals surface area (Å²) in [4.78, 5) is 20.9. The highest BCUT2D eigenvalue weighted by Crippen LogP contribution is 2.32. The van der Waals surface area contributed by atoms with Crippen LogP contribution >= 0.6 is 11.6 Å². The van der Waals surface area contributed by atoms with Crippen molar-refractivity contribution in [2.45, 2.75) is 6.92 Å². The number of halogens is 1. The van der Waals surface area contributed by atoms with Crippen LogP contribution in [-0.2, 0) is 9.68 Å². The number of nitrogens with one attached hydrogen (secondary N) is 1. The van der Waals surface area contributed by atoms with Crippen molar-refractivity contribution in [2.75, 3.05) is 11.2 Å². The van der Waals surface area contributed by atoms with Gasteiger partial charge in [-0.1, -0.05) is 0 Å². The van der Waals surface area contributed by atoms with E-state index in [1.807, 2.05) is 13.0 Å². The molecule has 0 aliphatic carbocycles. The topological polar surface area (TPSA) is 47.6 Å². The van der Waals surface area contributed by atoms with E-state index in [4.69, 9.17) is 21.4 Å². The minimum atomic E-state index is -0.259. The first-order valence-electron chi connectivity index (χ1n) is 4.71. The number of rotatable bonds is 2. The Morgan fingerprint density at radius 2 is 2.31 bits per heavy atom. The molecule has 1 aromatic rings. The molecule has 4 nitrogen and oxygen atoms in total. The summed E-state index contributed by atoms with van der Waals surface area (Å²) in [5.74, 6) is 0.242. The predicted octanol–water partition coefficient (Wildman–Crippen LogP) is 2.55. The van der Waals surface area contributed by atoms with Crippen LogP contribution in [0.5, 0.6) is 5.75 Å². The highest BCUT2D eigenvalue weighted by molar-refractivity contribution is 6.29. The number of hydrogen-bond donors (Lipinski definition) is 1. The Hall–Kier alpha value is -1.68. The van der Waals surface area contributed by atoms with Crippen LogP contribution < -0.4 is 10.2 Å². The molecule has 1 N–H and O–H groups in total. The minimum absolute atomic E-state index is 0.0760. The van der Waals surface area contributed by atoms with E-state index in [1.165, 1.54) is 6.26 Å². The van der Waals surface area contributed by atoms with Crippen molar-refractivity contribution < 1.29 is 14.6 Å². The molecule has 0 radical (unpaired) electrons. The number of fused-ring (bicyclic) bond motifs is 1. The van der Waals surface area contributed by atoms with E-state index in [2.05, 4.69) is 5.32 Å². The lowest BCUT2D eigenvalue weighted by Crippen LogP contribution is -2.13. The summed E-state index contributed by atoms with van der Waals surface area (Å²) in [6.07, 6.45) is 1.53. The Bertz CT molecular complexity index is 457. The van der Waals surface area contributed by atoms with Crippen molar-refractivity contribution >= 4 is 28.8 Å². The maximum absolute atomic E-state index is 11.1. The van der Waals surface area contributed by atoms with E-state index < -0.39 is 0 Å². The van der Waals surface area contributed by atoms with Crippen LogP contribution in [0.4, 0.5) is 5.69 Å². The van der Waals surface area contributed by atoms with Crippen LogP contribution in [-0.4, -0.2) is 11.8 Å². The van der Waals surface area contributed by atoms with Crippen molar-refractivity contribution in [3.63, 3.8) is 0 Å². The second-order valence-electron chi connectivity index (χ2n) is 3.37. The molecule has 5 heteroatoms. The summed E-state index contributed by atoms with van der Waals surface area (Å²) in [7, 11) is 0. The summed E-state index contributed by atoms with van der Waals surface area (Å²) in [5.41, 5.74) is 2.54. The highest BCUT2D eigenvalue weighted by atomic mass is 35.5. The zero-order chi connectivity index (χ0) is 11.5. The summed E-state index contributed by atoms with van der Waals surface area (Å²) in [5, 5.41) is 2.63. The van der Waals surface area contributed by atoms with Gasteiger partial charge in [-0.15, -0.1) is 11.6 Å². The molecule has 16 heavy (non-hydrogen) atoms. The Morgan fingerprint density at radius 3 is 3.06 bits per heavy atom. The average Bonchev–Trinajstić information content (AvgIpc) is 2.29. The van der Waals surface area contributed by atoms with Gasteiger partial charge in [0.1, 0.15) is 12.1 Å². The first-order chi connectivity index (χ1) is 7.70. The van der Waals surface area contributed by atoms with E-state index in [9.17, 15) is 4.79 Å². The molecule has 2 rings (SSSR count).